The van der Waals surface area contributed by atoms with Crippen molar-refractivity contribution in [3.63, 3.8) is 0 Å². The highest BCUT2D eigenvalue weighted by Crippen LogP contribution is 2.36. The van der Waals surface area contributed by atoms with Crippen LogP contribution in [0.25, 0.3) is 0 Å². The molecule has 1 aromatic carbocycles. The van der Waals surface area contributed by atoms with E-state index in [1.165, 1.54) is 44.9 Å². The van der Waals surface area contributed by atoms with Crippen LogP contribution in [0, 0.1) is 11.8 Å². The lowest BCUT2D eigenvalue weighted by molar-refractivity contribution is 0.348. The van der Waals surface area contributed by atoms with Gasteiger partial charge in [-0.2, -0.15) is 0 Å². The predicted octanol–water partition coefficient (Wildman–Crippen LogP) is 4.93. The Bertz CT molecular complexity index is 350. The molecular weight excluding hydrogens is 204 g/mol. The molecule has 2 aliphatic carbocycles. The summed E-state index contributed by atoms with van der Waals surface area (Å²) in [7, 11) is 0. The topological polar surface area (TPSA) is 0 Å². The fourth-order valence-electron chi connectivity index (χ4n) is 3.17. The van der Waals surface area contributed by atoms with Crippen LogP contribution >= 0.6 is 0 Å². The molecule has 0 N–H and O–H groups in total. The van der Waals surface area contributed by atoms with Crippen LogP contribution in [0.3, 0.4) is 0 Å². The van der Waals surface area contributed by atoms with Gasteiger partial charge in [0.2, 0.25) is 0 Å². The summed E-state index contributed by atoms with van der Waals surface area (Å²) in [6.07, 6.45) is 9.90. The molecular formula is C17H24. The molecule has 0 nitrogen and oxygen atoms in total. The Balaban J connectivity index is 1.62. The van der Waals surface area contributed by atoms with Crippen LogP contribution in [0.1, 0.15) is 62.5 Å². The summed E-state index contributed by atoms with van der Waals surface area (Å²) in [6.45, 7) is 2.40. The SMILES string of the molecule is CC1CCC(c2ccc(CC3CC3)cc2)CC1. The first kappa shape index (κ1) is 11.3. The fourth-order valence-corrected chi connectivity index (χ4v) is 3.17. The highest BCUT2D eigenvalue weighted by molar-refractivity contribution is 5.26. The molecule has 2 saturated carbocycles. The third-order valence-corrected chi connectivity index (χ3v) is 4.69. The normalized spacial score (nSPS) is 29.2. The zero-order valence-corrected chi connectivity index (χ0v) is 11.0. The maximum Gasteiger partial charge on any atom is -0.0162 e. The average Bonchev–Trinajstić information content (AvgIpc) is 3.15. The highest BCUT2D eigenvalue weighted by Gasteiger charge is 2.22. The summed E-state index contributed by atoms with van der Waals surface area (Å²) in [4.78, 5) is 0. The summed E-state index contributed by atoms with van der Waals surface area (Å²) >= 11 is 0. The zero-order valence-electron chi connectivity index (χ0n) is 11.0. The quantitative estimate of drug-likeness (QED) is 0.688. The highest BCUT2D eigenvalue weighted by atomic mass is 14.3. The van der Waals surface area contributed by atoms with Crippen molar-refractivity contribution in [3.05, 3.63) is 35.4 Å². The summed E-state index contributed by atoms with van der Waals surface area (Å²) < 4.78 is 0. The Hall–Kier alpha value is -0.780. The summed E-state index contributed by atoms with van der Waals surface area (Å²) in [5.41, 5.74) is 3.15. The monoisotopic (exact) mass is 228 g/mol. The molecule has 0 radical (unpaired) electrons. The molecule has 0 saturated heterocycles. The summed E-state index contributed by atoms with van der Waals surface area (Å²) in [5.74, 6) is 2.82. The van der Waals surface area contributed by atoms with Crippen LogP contribution < -0.4 is 0 Å². The van der Waals surface area contributed by atoms with Crippen molar-refractivity contribution >= 4 is 0 Å². The number of hydrogen-bond acceptors (Lipinski definition) is 0. The molecule has 0 heterocycles. The van der Waals surface area contributed by atoms with E-state index in [1.807, 2.05) is 0 Å². The van der Waals surface area contributed by atoms with Crippen molar-refractivity contribution in [2.24, 2.45) is 11.8 Å². The minimum Gasteiger partial charge on any atom is -0.0625 e. The van der Waals surface area contributed by atoms with Crippen molar-refractivity contribution in [1.82, 2.24) is 0 Å². The van der Waals surface area contributed by atoms with Crippen LogP contribution in [-0.2, 0) is 6.42 Å². The van der Waals surface area contributed by atoms with Gasteiger partial charge in [-0.1, -0.05) is 44.0 Å². The summed E-state index contributed by atoms with van der Waals surface area (Å²) in [6, 6.07) is 9.56. The molecule has 1 aromatic rings. The molecule has 0 spiro atoms. The first-order chi connectivity index (χ1) is 8.31. The zero-order chi connectivity index (χ0) is 11.7. The van der Waals surface area contributed by atoms with Gasteiger partial charge in [0.15, 0.2) is 0 Å². The van der Waals surface area contributed by atoms with Crippen molar-refractivity contribution in [1.29, 1.82) is 0 Å². The van der Waals surface area contributed by atoms with Crippen LogP contribution in [0.2, 0.25) is 0 Å². The molecule has 0 bridgehead atoms. The molecule has 2 fully saturated rings. The van der Waals surface area contributed by atoms with Gasteiger partial charge < -0.3 is 0 Å². The van der Waals surface area contributed by atoms with E-state index in [1.54, 1.807) is 11.1 Å². The molecule has 92 valence electrons. The van der Waals surface area contributed by atoms with Gasteiger partial charge in [0, 0.05) is 0 Å². The van der Waals surface area contributed by atoms with E-state index in [2.05, 4.69) is 31.2 Å². The lowest BCUT2D eigenvalue weighted by Gasteiger charge is -2.26. The molecule has 3 rings (SSSR count). The molecule has 2 aliphatic rings. The molecule has 0 unspecified atom stereocenters. The third kappa shape index (κ3) is 2.91. The number of benzene rings is 1. The van der Waals surface area contributed by atoms with E-state index in [0.717, 1.165) is 17.8 Å². The molecule has 17 heavy (non-hydrogen) atoms. The van der Waals surface area contributed by atoms with Crippen molar-refractivity contribution in [2.45, 2.75) is 57.8 Å². The van der Waals surface area contributed by atoms with Gasteiger partial charge >= 0.3 is 0 Å². The Kier molecular flexibility index (Phi) is 3.22. The van der Waals surface area contributed by atoms with Crippen LogP contribution in [0.15, 0.2) is 24.3 Å². The van der Waals surface area contributed by atoms with Crippen molar-refractivity contribution in [3.8, 4) is 0 Å². The van der Waals surface area contributed by atoms with Crippen molar-refractivity contribution < 1.29 is 0 Å². The lowest BCUT2D eigenvalue weighted by Crippen LogP contribution is -2.10. The van der Waals surface area contributed by atoms with E-state index in [0.29, 0.717) is 0 Å². The Morgan fingerprint density at radius 2 is 1.53 bits per heavy atom. The van der Waals surface area contributed by atoms with Crippen LogP contribution in [0.4, 0.5) is 0 Å². The second-order valence-electron chi connectivity index (χ2n) is 6.35. The van der Waals surface area contributed by atoms with Gasteiger partial charge in [0.05, 0.1) is 0 Å². The fraction of sp³-hybridized carbons (Fsp3) is 0.647. The average molecular weight is 228 g/mol. The minimum absolute atomic E-state index is 0.848. The van der Waals surface area contributed by atoms with E-state index >= 15 is 0 Å². The second kappa shape index (κ2) is 4.84. The Morgan fingerprint density at radius 1 is 0.882 bits per heavy atom. The maximum atomic E-state index is 2.40. The third-order valence-electron chi connectivity index (χ3n) is 4.69. The van der Waals surface area contributed by atoms with Crippen LogP contribution in [-0.4, -0.2) is 0 Å². The van der Waals surface area contributed by atoms with E-state index < -0.39 is 0 Å². The first-order valence-corrected chi connectivity index (χ1v) is 7.40. The number of rotatable bonds is 3. The van der Waals surface area contributed by atoms with Crippen molar-refractivity contribution in [2.75, 3.05) is 0 Å². The smallest absolute Gasteiger partial charge is 0.0162 e. The Labute approximate surface area is 105 Å². The molecule has 0 amide bonds. The van der Waals surface area contributed by atoms with Gasteiger partial charge in [0.25, 0.3) is 0 Å². The van der Waals surface area contributed by atoms with Gasteiger partial charge in [-0.3, -0.25) is 0 Å². The largest absolute Gasteiger partial charge is 0.0625 e. The standard InChI is InChI=1S/C17H24/c1-13-2-8-16(9-3-13)17-10-6-15(7-11-17)12-14-4-5-14/h6-7,10-11,13-14,16H,2-5,8-9,12H2,1H3. The van der Waals surface area contributed by atoms with Gasteiger partial charge in [0.1, 0.15) is 0 Å². The van der Waals surface area contributed by atoms with Gasteiger partial charge in [-0.25, -0.2) is 0 Å². The van der Waals surface area contributed by atoms with Gasteiger partial charge in [-0.05, 0) is 61.0 Å². The molecule has 0 heteroatoms. The molecule has 0 aliphatic heterocycles. The van der Waals surface area contributed by atoms with E-state index in [4.69, 9.17) is 0 Å². The molecule has 0 aromatic heterocycles. The maximum absolute atomic E-state index is 2.40. The second-order valence-corrected chi connectivity index (χ2v) is 6.35. The first-order valence-electron chi connectivity index (χ1n) is 7.40. The minimum atomic E-state index is 0.848. The Morgan fingerprint density at radius 3 is 2.12 bits per heavy atom. The van der Waals surface area contributed by atoms with Crippen LogP contribution in [0.5, 0.6) is 0 Å². The molecule has 0 atom stereocenters. The predicted molar refractivity (Wildman–Crippen MR) is 73.2 cm³/mol. The lowest BCUT2D eigenvalue weighted by atomic mass is 9.79. The van der Waals surface area contributed by atoms with E-state index in [-0.39, 0.29) is 0 Å². The number of hydrogen-bond donors (Lipinski definition) is 0. The van der Waals surface area contributed by atoms with E-state index in [9.17, 15) is 0 Å². The summed E-state index contributed by atoms with van der Waals surface area (Å²) in [5, 5.41) is 0. The van der Waals surface area contributed by atoms with Gasteiger partial charge in [-0.15, -0.1) is 0 Å².